The van der Waals surface area contributed by atoms with E-state index in [1.807, 2.05) is 18.3 Å². The fourth-order valence-electron chi connectivity index (χ4n) is 3.73. The Morgan fingerprint density at radius 3 is 3.11 bits per heavy atom. The lowest BCUT2D eigenvalue weighted by molar-refractivity contribution is 0.208. The molecule has 1 atom stereocenters. The van der Waals surface area contributed by atoms with Gasteiger partial charge in [-0.25, -0.2) is 14.4 Å². The predicted octanol–water partition coefficient (Wildman–Crippen LogP) is 2.96. The van der Waals surface area contributed by atoms with Crippen LogP contribution in [0.5, 0.6) is 0 Å². The number of anilines is 2. The highest BCUT2D eigenvalue weighted by Crippen LogP contribution is 2.23. The van der Waals surface area contributed by atoms with Gasteiger partial charge in [-0.15, -0.1) is 0 Å². The molecule has 4 rings (SSSR count). The Hall–Kier alpha value is -2.67. The number of benzene rings is 1. The van der Waals surface area contributed by atoms with E-state index < -0.39 is 0 Å². The number of halogens is 1. The van der Waals surface area contributed by atoms with Crippen LogP contribution in [-0.2, 0) is 6.42 Å². The van der Waals surface area contributed by atoms with Crippen LogP contribution in [0.1, 0.15) is 18.4 Å². The number of aromatic nitrogens is 3. The highest BCUT2D eigenvalue weighted by Gasteiger charge is 2.20. The molecule has 1 aromatic carbocycles. The number of piperidine rings is 1. The quantitative estimate of drug-likeness (QED) is 0.623. The molecule has 6 nitrogen and oxygen atoms in total. The summed E-state index contributed by atoms with van der Waals surface area (Å²) in [6.45, 7) is 2.74. The molecule has 1 aliphatic heterocycles. The summed E-state index contributed by atoms with van der Waals surface area (Å²) in [6, 6.07) is 6.78. The van der Waals surface area contributed by atoms with E-state index in [1.165, 1.54) is 12.1 Å². The number of aliphatic hydroxyl groups is 1. The smallest absolute Gasteiger partial charge is 0.134 e. The van der Waals surface area contributed by atoms with Crippen molar-refractivity contribution in [2.24, 2.45) is 5.92 Å². The fourth-order valence-corrected chi connectivity index (χ4v) is 3.73. The van der Waals surface area contributed by atoms with Crippen LogP contribution in [0.2, 0.25) is 0 Å². The van der Waals surface area contributed by atoms with Gasteiger partial charge in [0.2, 0.25) is 0 Å². The Morgan fingerprint density at radius 1 is 1.30 bits per heavy atom. The van der Waals surface area contributed by atoms with Gasteiger partial charge < -0.3 is 20.3 Å². The zero-order chi connectivity index (χ0) is 18.6. The zero-order valence-electron chi connectivity index (χ0n) is 15.2. The van der Waals surface area contributed by atoms with Crippen LogP contribution in [0.25, 0.3) is 10.9 Å². The van der Waals surface area contributed by atoms with Gasteiger partial charge in [0.25, 0.3) is 0 Å². The topological polar surface area (TPSA) is 77.1 Å². The van der Waals surface area contributed by atoms with E-state index >= 15 is 0 Å². The molecule has 1 unspecified atom stereocenters. The minimum absolute atomic E-state index is 0.223. The molecule has 0 bridgehead atoms. The summed E-state index contributed by atoms with van der Waals surface area (Å²) >= 11 is 0. The molecule has 142 valence electrons. The predicted molar refractivity (Wildman–Crippen MR) is 105 cm³/mol. The lowest BCUT2D eigenvalue weighted by Crippen LogP contribution is -2.37. The maximum absolute atomic E-state index is 13.3. The minimum Gasteiger partial charge on any atom is -0.396 e. The van der Waals surface area contributed by atoms with Crippen LogP contribution in [0.3, 0.4) is 0 Å². The van der Waals surface area contributed by atoms with E-state index in [4.69, 9.17) is 0 Å². The van der Waals surface area contributed by atoms with Crippen LogP contribution in [0.4, 0.5) is 16.0 Å². The molecule has 7 heteroatoms. The third-order valence-corrected chi connectivity index (χ3v) is 5.18. The van der Waals surface area contributed by atoms with Crippen LogP contribution in [0.15, 0.2) is 36.8 Å². The van der Waals surface area contributed by atoms with Crippen molar-refractivity contribution in [2.45, 2.75) is 19.3 Å². The third-order valence-electron chi connectivity index (χ3n) is 5.18. The molecule has 0 aliphatic carbocycles. The Bertz CT molecular complexity index is 912. The molecule has 3 N–H and O–H groups in total. The summed E-state index contributed by atoms with van der Waals surface area (Å²) in [5.41, 5.74) is 1.96. The number of fused-ring (bicyclic) bond motifs is 1. The molecule has 3 aromatic rings. The number of H-pyrrole nitrogens is 1. The summed E-state index contributed by atoms with van der Waals surface area (Å²) in [5, 5.41) is 13.8. The van der Waals surface area contributed by atoms with Crippen LogP contribution < -0.4 is 10.2 Å². The standard InChI is InChI=1S/C20H24FN5O/c21-16-3-4-17-15(10-23-18(17)8-16)5-6-22-19-9-20(25-13-24-19)26-7-1-2-14(11-26)12-27/h3-4,8-10,13-14,23,27H,1-2,5-7,11-12H2,(H,22,24,25). The molecule has 0 radical (unpaired) electrons. The molecular formula is C20H24FN5O. The maximum atomic E-state index is 13.3. The summed E-state index contributed by atoms with van der Waals surface area (Å²) < 4.78 is 13.3. The average molecular weight is 369 g/mol. The molecule has 27 heavy (non-hydrogen) atoms. The van der Waals surface area contributed by atoms with Crippen LogP contribution in [0, 0.1) is 11.7 Å². The largest absolute Gasteiger partial charge is 0.396 e. The highest BCUT2D eigenvalue weighted by atomic mass is 19.1. The van der Waals surface area contributed by atoms with Gasteiger partial charge in [0.05, 0.1) is 0 Å². The lowest BCUT2D eigenvalue weighted by atomic mass is 9.99. The number of hydrogen-bond acceptors (Lipinski definition) is 5. The van der Waals surface area contributed by atoms with E-state index in [9.17, 15) is 9.50 Å². The first kappa shape index (κ1) is 17.7. The van der Waals surface area contributed by atoms with Gasteiger partial charge in [-0.3, -0.25) is 0 Å². The van der Waals surface area contributed by atoms with Crippen molar-refractivity contribution in [3.05, 3.63) is 48.2 Å². The molecule has 3 heterocycles. The Balaban J connectivity index is 1.38. The number of hydrogen-bond donors (Lipinski definition) is 3. The highest BCUT2D eigenvalue weighted by molar-refractivity contribution is 5.83. The second-order valence-electron chi connectivity index (χ2n) is 7.08. The SMILES string of the molecule is OCC1CCCN(c2cc(NCCc3c[nH]c4cc(F)ccc34)ncn2)C1. The van der Waals surface area contributed by atoms with Gasteiger partial charge in [-0.1, -0.05) is 0 Å². The van der Waals surface area contributed by atoms with Crippen LogP contribution in [-0.4, -0.2) is 46.3 Å². The van der Waals surface area contributed by atoms with Crippen molar-refractivity contribution >= 4 is 22.5 Å². The number of nitrogens with zero attached hydrogens (tertiary/aromatic N) is 3. The second kappa shape index (κ2) is 7.92. The Kier molecular flexibility index (Phi) is 5.20. The fraction of sp³-hybridized carbons (Fsp3) is 0.400. The van der Waals surface area contributed by atoms with E-state index in [0.717, 1.165) is 67.0 Å². The number of aliphatic hydroxyl groups excluding tert-OH is 1. The van der Waals surface area contributed by atoms with Crippen LogP contribution >= 0.6 is 0 Å². The molecular weight excluding hydrogens is 345 g/mol. The van der Waals surface area contributed by atoms with E-state index in [1.54, 1.807) is 6.33 Å². The first-order chi connectivity index (χ1) is 13.2. The molecule has 1 aliphatic rings. The maximum Gasteiger partial charge on any atom is 0.134 e. The summed E-state index contributed by atoms with van der Waals surface area (Å²) in [6.07, 6.45) is 6.45. The van der Waals surface area contributed by atoms with Gasteiger partial charge in [-0.05, 0) is 48.9 Å². The van der Waals surface area contributed by atoms with Gasteiger partial charge >= 0.3 is 0 Å². The normalized spacial score (nSPS) is 17.4. The minimum atomic E-state index is -0.233. The summed E-state index contributed by atoms with van der Waals surface area (Å²) in [5.74, 6) is 1.77. The van der Waals surface area contributed by atoms with E-state index in [0.29, 0.717) is 5.92 Å². The van der Waals surface area contributed by atoms with E-state index in [2.05, 4.69) is 25.2 Å². The molecule has 0 spiro atoms. The van der Waals surface area contributed by atoms with Crippen molar-refractivity contribution in [3.8, 4) is 0 Å². The van der Waals surface area contributed by atoms with Crippen molar-refractivity contribution in [1.82, 2.24) is 15.0 Å². The lowest BCUT2D eigenvalue weighted by Gasteiger charge is -2.32. The second-order valence-corrected chi connectivity index (χ2v) is 7.08. The van der Waals surface area contributed by atoms with Gasteiger partial charge in [0.15, 0.2) is 0 Å². The Labute approximate surface area is 157 Å². The third kappa shape index (κ3) is 4.03. The summed E-state index contributed by atoms with van der Waals surface area (Å²) in [7, 11) is 0. The average Bonchev–Trinajstić information content (AvgIpc) is 3.10. The van der Waals surface area contributed by atoms with Gasteiger partial charge in [0, 0.05) is 49.4 Å². The first-order valence-electron chi connectivity index (χ1n) is 9.40. The molecule has 0 saturated carbocycles. The molecule has 2 aromatic heterocycles. The van der Waals surface area contributed by atoms with Gasteiger partial charge in [-0.2, -0.15) is 0 Å². The Morgan fingerprint density at radius 2 is 2.22 bits per heavy atom. The van der Waals surface area contributed by atoms with E-state index in [-0.39, 0.29) is 12.4 Å². The monoisotopic (exact) mass is 369 g/mol. The summed E-state index contributed by atoms with van der Waals surface area (Å²) in [4.78, 5) is 14.0. The van der Waals surface area contributed by atoms with Crippen molar-refractivity contribution in [1.29, 1.82) is 0 Å². The van der Waals surface area contributed by atoms with Crippen molar-refractivity contribution < 1.29 is 9.50 Å². The molecule has 1 fully saturated rings. The van der Waals surface area contributed by atoms with Crippen molar-refractivity contribution in [2.75, 3.05) is 36.5 Å². The number of aromatic amines is 1. The zero-order valence-corrected chi connectivity index (χ0v) is 15.2. The first-order valence-corrected chi connectivity index (χ1v) is 9.40. The molecule has 1 saturated heterocycles. The number of rotatable bonds is 6. The number of nitrogens with one attached hydrogen (secondary N) is 2. The molecule has 0 amide bonds. The van der Waals surface area contributed by atoms with Crippen molar-refractivity contribution in [3.63, 3.8) is 0 Å². The van der Waals surface area contributed by atoms with Gasteiger partial charge in [0.1, 0.15) is 23.8 Å².